The van der Waals surface area contributed by atoms with Crippen molar-refractivity contribution in [3.8, 4) is 11.5 Å². The Hall–Kier alpha value is -2.91. The molecular formula is C22H27N3O5S. The molecule has 2 aromatic carbocycles. The van der Waals surface area contributed by atoms with Crippen LogP contribution in [-0.2, 0) is 10.0 Å². The third-order valence-electron chi connectivity index (χ3n) is 4.92. The quantitative estimate of drug-likeness (QED) is 0.498. The fourth-order valence-electron chi connectivity index (χ4n) is 3.32. The molecule has 1 fully saturated rings. The van der Waals surface area contributed by atoms with E-state index in [0.717, 1.165) is 19.3 Å². The summed E-state index contributed by atoms with van der Waals surface area (Å²) in [6.07, 6.45) is 4.21. The van der Waals surface area contributed by atoms with E-state index in [0.29, 0.717) is 36.8 Å². The fourth-order valence-corrected chi connectivity index (χ4v) is 4.88. The van der Waals surface area contributed by atoms with Crippen molar-refractivity contribution in [3.05, 3.63) is 53.6 Å². The monoisotopic (exact) mass is 445 g/mol. The Morgan fingerprint density at radius 1 is 1.13 bits per heavy atom. The molecule has 0 aromatic heterocycles. The van der Waals surface area contributed by atoms with Crippen LogP contribution >= 0.6 is 0 Å². The van der Waals surface area contributed by atoms with E-state index < -0.39 is 15.9 Å². The molecule has 0 bridgehead atoms. The van der Waals surface area contributed by atoms with Gasteiger partial charge >= 0.3 is 0 Å². The summed E-state index contributed by atoms with van der Waals surface area (Å²) >= 11 is 0. The van der Waals surface area contributed by atoms with Gasteiger partial charge in [0.1, 0.15) is 0 Å². The number of rotatable bonds is 8. The molecule has 2 aromatic rings. The lowest BCUT2D eigenvalue weighted by Crippen LogP contribution is -2.35. The Bertz CT molecular complexity index is 1050. The summed E-state index contributed by atoms with van der Waals surface area (Å²) in [6, 6.07) is 11.3. The highest BCUT2D eigenvalue weighted by Crippen LogP contribution is 2.27. The lowest BCUT2D eigenvalue weighted by Gasteiger charge is -2.25. The number of carbonyl (C=O) groups excluding carboxylic acids is 1. The molecule has 166 valence electrons. The van der Waals surface area contributed by atoms with Gasteiger partial charge in [0.2, 0.25) is 10.0 Å². The van der Waals surface area contributed by atoms with Crippen LogP contribution in [0.1, 0.15) is 42.1 Å². The van der Waals surface area contributed by atoms with Gasteiger partial charge in [-0.1, -0.05) is 12.5 Å². The maximum Gasteiger partial charge on any atom is 0.271 e. The molecule has 1 aliphatic rings. The number of carbonyl (C=O) groups is 1. The minimum atomic E-state index is -3.61. The van der Waals surface area contributed by atoms with Crippen LogP contribution in [0, 0.1) is 0 Å². The first-order valence-corrected chi connectivity index (χ1v) is 11.6. The normalized spacial score (nSPS) is 15.0. The molecule has 8 nitrogen and oxygen atoms in total. The topological polar surface area (TPSA) is 97.3 Å². The first-order chi connectivity index (χ1) is 15.0. The van der Waals surface area contributed by atoms with Gasteiger partial charge in [0.15, 0.2) is 11.5 Å². The number of hydrogen-bond acceptors (Lipinski definition) is 6. The average Bonchev–Trinajstić information content (AvgIpc) is 2.80. The van der Waals surface area contributed by atoms with E-state index in [2.05, 4.69) is 10.5 Å². The first-order valence-electron chi connectivity index (χ1n) is 10.2. The highest BCUT2D eigenvalue weighted by Gasteiger charge is 2.26. The van der Waals surface area contributed by atoms with E-state index in [4.69, 9.17) is 9.47 Å². The molecule has 0 atom stereocenters. The summed E-state index contributed by atoms with van der Waals surface area (Å²) in [5, 5.41) is 3.97. The second-order valence-electron chi connectivity index (χ2n) is 7.04. The van der Waals surface area contributed by atoms with Gasteiger partial charge < -0.3 is 9.47 Å². The summed E-state index contributed by atoms with van der Waals surface area (Å²) in [4.78, 5) is 12.6. The first kappa shape index (κ1) is 22.8. The summed E-state index contributed by atoms with van der Waals surface area (Å²) < 4.78 is 37.9. The van der Waals surface area contributed by atoms with Crippen LogP contribution in [0.25, 0.3) is 0 Å². The molecule has 9 heteroatoms. The van der Waals surface area contributed by atoms with Crippen molar-refractivity contribution in [3.63, 3.8) is 0 Å². The Kier molecular flexibility index (Phi) is 7.64. The lowest BCUT2D eigenvalue weighted by atomic mass is 10.2. The van der Waals surface area contributed by atoms with Crippen molar-refractivity contribution in [2.45, 2.75) is 31.1 Å². The maximum absolute atomic E-state index is 12.8. The average molecular weight is 446 g/mol. The number of hydrogen-bond donors (Lipinski definition) is 1. The predicted molar refractivity (Wildman–Crippen MR) is 118 cm³/mol. The van der Waals surface area contributed by atoms with Crippen LogP contribution < -0.4 is 14.9 Å². The van der Waals surface area contributed by atoms with Crippen LogP contribution in [-0.4, -0.2) is 51.7 Å². The van der Waals surface area contributed by atoms with E-state index in [1.807, 2.05) is 6.92 Å². The SMILES string of the molecule is CCOc1ccc(/C=N\NC(=O)c2cccc(S(=O)(=O)N3CCCCC3)c2)cc1OC. The predicted octanol–water partition coefficient (Wildman–Crippen LogP) is 3.03. The van der Waals surface area contributed by atoms with Gasteiger partial charge in [-0.2, -0.15) is 9.41 Å². The summed E-state index contributed by atoms with van der Waals surface area (Å²) in [5.41, 5.74) is 3.36. The van der Waals surface area contributed by atoms with Crippen LogP contribution in [0.5, 0.6) is 11.5 Å². The molecule has 0 radical (unpaired) electrons. The number of nitrogens with zero attached hydrogens (tertiary/aromatic N) is 2. The van der Waals surface area contributed by atoms with Crippen molar-refractivity contribution in [2.75, 3.05) is 26.8 Å². The highest BCUT2D eigenvalue weighted by atomic mass is 32.2. The van der Waals surface area contributed by atoms with Crippen LogP contribution in [0.4, 0.5) is 0 Å². The summed E-state index contributed by atoms with van der Waals surface area (Å²) in [5.74, 6) is 0.690. The molecule has 31 heavy (non-hydrogen) atoms. The van der Waals surface area contributed by atoms with Gasteiger partial charge in [-0.15, -0.1) is 0 Å². The van der Waals surface area contributed by atoms with Crippen molar-refractivity contribution < 1.29 is 22.7 Å². The number of amides is 1. The Labute approximate surface area is 182 Å². The molecular weight excluding hydrogens is 418 g/mol. The van der Waals surface area contributed by atoms with Crippen LogP contribution in [0.3, 0.4) is 0 Å². The molecule has 1 heterocycles. The number of hydrazone groups is 1. The van der Waals surface area contributed by atoms with Gasteiger partial charge in [-0.05, 0) is 61.7 Å². The zero-order valence-corrected chi connectivity index (χ0v) is 18.5. The number of sulfonamides is 1. The van der Waals surface area contributed by atoms with Gasteiger partial charge in [0.25, 0.3) is 5.91 Å². The van der Waals surface area contributed by atoms with Crippen LogP contribution in [0.2, 0.25) is 0 Å². The summed E-state index contributed by atoms with van der Waals surface area (Å²) in [7, 11) is -2.06. The standard InChI is InChI=1S/C22H27N3O5S/c1-3-30-20-11-10-17(14-21(20)29-2)16-23-24-22(26)18-8-7-9-19(15-18)31(27,28)25-12-5-4-6-13-25/h7-11,14-16H,3-6,12-13H2,1-2H3,(H,24,26)/b23-16-. The van der Waals surface area contributed by atoms with Crippen molar-refractivity contribution in [2.24, 2.45) is 5.10 Å². The molecule has 1 amide bonds. The minimum Gasteiger partial charge on any atom is -0.493 e. The molecule has 1 saturated heterocycles. The smallest absolute Gasteiger partial charge is 0.271 e. The number of ether oxygens (including phenoxy) is 2. The molecule has 3 rings (SSSR count). The Balaban J connectivity index is 1.69. The maximum atomic E-state index is 12.8. The molecule has 1 aliphatic heterocycles. The minimum absolute atomic E-state index is 0.113. The third kappa shape index (κ3) is 5.62. The number of piperidine rings is 1. The van der Waals surface area contributed by atoms with Gasteiger partial charge in [0, 0.05) is 18.7 Å². The van der Waals surface area contributed by atoms with E-state index in [1.54, 1.807) is 37.4 Å². The zero-order valence-electron chi connectivity index (χ0n) is 17.7. The lowest BCUT2D eigenvalue weighted by molar-refractivity contribution is 0.0955. The fraction of sp³-hybridized carbons (Fsp3) is 0.364. The third-order valence-corrected chi connectivity index (χ3v) is 6.81. The number of nitrogens with one attached hydrogen (secondary N) is 1. The largest absolute Gasteiger partial charge is 0.493 e. The molecule has 0 unspecified atom stereocenters. The van der Waals surface area contributed by atoms with Crippen molar-refractivity contribution >= 4 is 22.1 Å². The van der Waals surface area contributed by atoms with Gasteiger partial charge in [-0.25, -0.2) is 13.8 Å². The van der Waals surface area contributed by atoms with Crippen molar-refractivity contribution in [1.29, 1.82) is 0 Å². The Morgan fingerprint density at radius 3 is 2.61 bits per heavy atom. The van der Waals surface area contributed by atoms with E-state index in [1.165, 1.54) is 22.7 Å². The van der Waals surface area contributed by atoms with Gasteiger partial charge in [0.05, 0.1) is 24.8 Å². The van der Waals surface area contributed by atoms with Gasteiger partial charge in [-0.3, -0.25) is 4.79 Å². The molecule has 0 saturated carbocycles. The number of methoxy groups -OCH3 is 1. The second kappa shape index (κ2) is 10.4. The molecule has 0 aliphatic carbocycles. The van der Waals surface area contributed by atoms with E-state index in [-0.39, 0.29) is 10.5 Å². The number of benzene rings is 2. The summed E-state index contributed by atoms with van der Waals surface area (Å²) in [6.45, 7) is 3.42. The Morgan fingerprint density at radius 2 is 1.90 bits per heavy atom. The van der Waals surface area contributed by atoms with E-state index >= 15 is 0 Å². The highest BCUT2D eigenvalue weighted by molar-refractivity contribution is 7.89. The molecule has 0 spiro atoms. The van der Waals surface area contributed by atoms with Crippen LogP contribution in [0.15, 0.2) is 52.5 Å². The second-order valence-corrected chi connectivity index (χ2v) is 8.97. The van der Waals surface area contributed by atoms with Crippen molar-refractivity contribution in [1.82, 2.24) is 9.73 Å². The zero-order chi connectivity index (χ0) is 22.3. The van der Waals surface area contributed by atoms with E-state index in [9.17, 15) is 13.2 Å². The molecule has 1 N–H and O–H groups in total.